The van der Waals surface area contributed by atoms with Crippen molar-refractivity contribution >= 4 is 11.3 Å². The van der Waals surface area contributed by atoms with Gasteiger partial charge in [-0.3, -0.25) is 0 Å². The Kier molecular flexibility index (Phi) is 3.48. The van der Waals surface area contributed by atoms with Gasteiger partial charge in [0.15, 0.2) is 0 Å². The van der Waals surface area contributed by atoms with E-state index in [4.69, 9.17) is 4.74 Å². The summed E-state index contributed by atoms with van der Waals surface area (Å²) < 4.78 is 5.90. The number of hydrogen-bond acceptors (Lipinski definition) is 3. The van der Waals surface area contributed by atoms with Crippen molar-refractivity contribution in [1.82, 2.24) is 5.32 Å². The van der Waals surface area contributed by atoms with Crippen LogP contribution in [-0.2, 0) is 4.74 Å². The fourth-order valence-corrected chi connectivity index (χ4v) is 4.19. The van der Waals surface area contributed by atoms with E-state index in [-0.39, 0.29) is 0 Å². The van der Waals surface area contributed by atoms with Crippen LogP contribution in [0.2, 0.25) is 0 Å². The first-order valence-corrected chi connectivity index (χ1v) is 7.91. The van der Waals surface area contributed by atoms with Crippen molar-refractivity contribution in [2.24, 2.45) is 5.92 Å². The lowest BCUT2D eigenvalue weighted by atomic mass is 10.0. The zero-order valence-electron chi connectivity index (χ0n) is 11.5. The van der Waals surface area contributed by atoms with Crippen molar-refractivity contribution in [3.8, 4) is 0 Å². The van der Waals surface area contributed by atoms with E-state index in [2.05, 4.69) is 32.2 Å². The number of rotatable bonds is 4. The maximum absolute atomic E-state index is 5.90. The highest BCUT2D eigenvalue weighted by Crippen LogP contribution is 2.39. The Morgan fingerprint density at radius 2 is 2.11 bits per heavy atom. The minimum absolute atomic E-state index is 0.447. The predicted octanol–water partition coefficient (Wildman–Crippen LogP) is 3.58. The van der Waals surface area contributed by atoms with E-state index in [1.807, 2.05) is 11.3 Å². The second-order valence-electron chi connectivity index (χ2n) is 5.82. The largest absolute Gasteiger partial charge is 0.376 e. The molecule has 3 rings (SSSR count). The van der Waals surface area contributed by atoms with Gasteiger partial charge in [0.25, 0.3) is 0 Å². The van der Waals surface area contributed by atoms with Crippen LogP contribution in [0.25, 0.3) is 0 Å². The van der Waals surface area contributed by atoms with Gasteiger partial charge in [0.1, 0.15) is 0 Å². The third-order valence-corrected chi connectivity index (χ3v) is 5.21. The Hall–Kier alpha value is -0.380. The predicted molar refractivity (Wildman–Crippen MR) is 76.2 cm³/mol. The number of thiophene rings is 1. The van der Waals surface area contributed by atoms with Gasteiger partial charge in [-0.15, -0.1) is 11.3 Å². The van der Waals surface area contributed by atoms with Crippen LogP contribution in [-0.4, -0.2) is 18.8 Å². The van der Waals surface area contributed by atoms with E-state index < -0.39 is 0 Å². The first-order valence-electron chi connectivity index (χ1n) is 7.09. The molecule has 2 heterocycles. The Morgan fingerprint density at radius 3 is 2.72 bits per heavy atom. The molecule has 0 spiro atoms. The van der Waals surface area contributed by atoms with Gasteiger partial charge in [-0.2, -0.15) is 0 Å². The van der Waals surface area contributed by atoms with E-state index in [0.717, 1.165) is 12.5 Å². The molecule has 0 aromatic carbocycles. The highest BCUT2D eigenvalue weighted by atomic mass is 32.1. The molecule has 0 bridgehead atoms. The van der Waals surface area contributed by atoms with Crippen molar-refractivity contribution < 1.29 is 4.74 Å². The zero-order valence-corrected chi connectivity index (χ0v) is 12.3. The number of ether oxygens (including phenoxy) is 1. The van der Waals surface area contributed by atoms with Gasteiger partial charge < -0.3 is 10.1 Å². The van der Waals surface area contributed by atoms with Crippen LogP contribution in [0.15, 0.2) is 6.07 Å². The molecule has 1 aliphatic heterocycles. The van der Waals surface area contributed by atoms with Gasteiger partial charge in [0.05, 0.1) is 6.10 Å². The highest BCUT2D eigenvalue weighted by Gasteiger charge is 2.40. The van der Waals surface area contributed by atoms with E-state index in [9.17, 15) is 0 Å². The molecule has 1 aliphatic carbocycles. The molecule has 2 fully saturated rings. The summed E-state index contributed by atoms with van der Waals surface area (Å²) in [7, 11) is 0. The second kappa shape index (κ2) is 4.95. The second-order valence-corrected chi connectivity index (χ2v) is 7.29. The fraction of sp³-hybridized carbons (Fsp3) is 0.733. The first-order chi connectivity index (χ1) is 8.65. The van der Waals surface area contributed by atoms with Crippen molar-refractivity contribution in [3.63, 3.8) is 0 Å². The van der Waals surface area contributed by atoms with Gasteiger partial charge in [0, 0.05) is 28.4 Å². The van der Waals surface area contributed by atoms with Crippen LogP contribution in [0.1, 0.15) is 47.5 Å². The molecule has 18 heavy (non-hydrogen) atoms. The average molecular weight is 265 g/mol. The maximum atomic E-state index is 5.90. The van der Waals surface area contributed by atoms with Crippen molar-refractivity contribution in [2.75, 3.05) is 6.61 Å². The molecule has 1 N–H and O–H groups in total. The summed E-state index contributed by atoms with van der Waals surface area (Å²) in [6.45, 7) is 7.65. The third-order valence-electron chi connectivity index (χ3n) is 4.23. The lowest BCUT2D eigenvalue weighted by Gasteiger charge is -2.24. The molecule has 3 heteroatoms. The average Bonchev–Trinajstić information content (AvgIpc) is 2.97. The maximum Gasteiger partial charge on any atom is 0.0757 e. The Balaban J connectivity index is 1.66. The van der Waals surface area contributed by atoms with Crippen molar-refractivity contribution in [3.05, 3.63) is 21.4 Å². The molecule has 2 nitrogen and oxygen atoms in total. The van der Waals surface area contributed by atoms with E-state index in [1.165, 1.54) is 34.6 Å². The van der Waals surface area contributed by atoms with Crippen LogP contribution < -0.4 is 5.32 Å². The molecule has 3 unspecified atom stereocenters. The third kappa shape index (κ3) is 2.49. The molecule has 100 valence electrons. The van der Waals surface area contributed by atoms with Gasteiger partial charge >= 0.3 is 0 Å². The van der Waals surface area contributed by atoms with E-state index >= 15 is 0 Å². The molecule has 1 aromatic rings. The summed E-state index contributed by atoms with van der Waals surface area (Å²) in [5.41, 5.74) is 1.47. The van der Waals surface area contributed by atoms with Crippen LogP contribution in [0.3, 0.4) is 0 Å². The summed E-state index contributed by atoms with van der Waals surface area (Å²) in [5.74, 6) is 0.836. The van der Waals surface area contributed by atoms with Gasteiger partial charge in [-0.25, -0.2) is 0 Å². The van der Waals surface area contributed by atoms with E-state index in [1.54, 1.807) is 0 Å². The minimum Gasteiger partial charge on any atom is -0.376 e. The Bertz CT molecular complexity index is 424. The molecule has 0 amide bonds. The first kappa shape index (κ1) is 12.6. The fourth-order valence-electron chi connectivity index (χ4n) is 3.17. The van der Waals surface area contributed by atoms with Crippen molar-refractivity contribution in [1.29, 1.82) is 0 Å². The summed E-state index contributed by atoms with van der Waals surface area (Å²) >= 11 is 1.90. The topological polar surface area (TPSA) is 21.3 Å². The van der Waals surface area contributed by atoms with Crippen molar-refractivity contribution in [2.45, 2.75) is 58.2 Å². The molecule has 0 radical (unpaired) electrons. The van der Waals surface area contributed by atoms with Crippen LogP contribution in [0.5, 0.6) is 0 Å². The molecular weight excluding hydrogens is 242 g/mol. The summed E-state index contributed by atoms with van der Waals surface area (Å²) in [4.78, 5) is 2.87. The standard InChI is InChI=1S/C15H23NOS/c1-9-8-13(11(3)18-9)10(2)16-14-6-7-17-15(14)12-4-5-12/h8,10,12,14-16H,4-7H2,1-3H3. The molecule has 1 aromatic heterocycles. The highest BCUT2D eigenvalue weighted by molar-refractivity contribution is 7.12. The number of nitrogens with one attached hydrogen (secondary N) is 1. The Labute approximate surface area is 114 Å². The summed E-state index contributed by atoms with van der Waals surface area (Å²) in [5, 5.41) is 3.80. The minimum atomic E-state index is 0.447. The van der Waals surface area contributed by atoms with Gasteiger partial charge in [-0.1, -0.05) is 0 Å². The molecule has 1 saturated heterocycles. The Morgan fingerprint density at radius 1 is 1.33 bits per heavy atom. The summed E-state index contributed by atoms with van der Waals surface area (Å²) in [6.07, 6.45) is 4.39. The SMILES string of the molecule is Cc1cc(C(C)NC2CCOC2C2CC2)c(C)s1. The molecular formula is C15H23NOS. The molecule has 2 aliphatic rings. The van der Waals surface area contributed by atoms with Crippen LogP contribution in [0.4, 0.5) is 0 Å². The number of aryl methyl sites for hydroxylation is 2. The lowest BCUT2D eigenvalue weighted by molar-refractivity contribution is 0.0793. The molecule has 1 saturated carbocycles. The van der Waals surface area contributed by atoms with Crippen LogP contribution in [0, 0.1) is 19.8 Å². The lowest BCUT2D eigenvalue weighted by Crippen LogP contribution is -2.39. The molecule has 3 atom stereocenters. The monoisotopic (exact) mass is 265 g/mol. The smallest absolute Gasteiger partial charge is 0.0757 e. The van der Waals surface area contributed by atoms with Gasteiger partial charge in [0.2, 0.25) is 0 Å². The van der Waals surface area contributed by atoms with Gasteiger partial charge in [-0.05, 0) is 57.6 Å². The quantitative estimate of drug-likeness (QED) is 0.898. The van der Waals surface area contributed by atoms with Crippen LogP contribution >= 0.6 is 11.3 Å². The normalized spacial score (nSPS) is 29.7. The van der Waals surface area contributed by atoms with E-state index in [0.29, 0.717) is 18.2 Å². The number of hydrogen-bond donors (Lipinski definition) is 1. The zero-order chi connectivity index (χ0) is 12.7. The summed E-state index contributed by atoms with van der Waals surface area (Å²) in [6, 6.07) is 3.34.